The van der Waals surface area contributed by atoms with Gasteiger partial charge in [-0.3, -0.25) is 9.59 Å². The number of rotatable bonds is 6. The molecular weight excluding hydrogens is 448 g/mol. The molecule has 4 amide bonds. The molecule has 3 N–H and O–H groups in total. The molecule has 2 aromatic rings. The number of carbonyl (C=O) groups is 3. The summed E-state index contributed by atoms with van der Waals surface area (Å²) in [4.78, 5) is 39.5. The summed E-state index contributed by atoms with van der Waals surface area (Å²) in [6, 6.07) is 13.5. The number of nitrogens with zero attached hydrogens (tertiary/aromatic N) is 1. The molecule has 2 aromatic carbocycles. The molecule has 0 aliphatic carbocycles. The second kappa shape index (κ2) is 11.2. The number of likely N-dealkylation sites (N-methyl/N-ethyl adjacent to an activating group) is 1. The monoisotopic (exact) mass is 480 g/mol. The van der Waals surface area contributed by atoms with Crippen molar-refractivity contribution in [2.45, 2.75) is 50.9 Å². The third kappa shape index (κ3) is 6.10. The van der Waals surface area contributed by atoms with Crippen LogP contribution in [0.25, 0.3) is 0 Å². The first-order valence-electron chi connectivity index (χ1n) is 12.0. The van der Waals surface area contributed by atoms with Crippen molar-refractivity contribution in [3.8, 4) is 5.75 Å². The van der Waals surface area contributed by atoms with Crippen molar-refractivity contribution in [2.75, 3.05) is 30.8 Å². The van der Waals surface area contributed by atoms with Gasteiger partial charge in [-0.15, -0.1) is 0 Å². The van der Waals surface area contributed by atoms with Gasteiger partial charge in [-0.2, -0.15) is 0 Å². The van der Waals surface area contributed by atoms with Crippen LogP contribution in [0.3, 0.4) is 0 Å². The molecular formula is C26H32N4O5. The largest absolute Gasteiger partial charge is 0.490 e. The quantitative estimate of drug-likeness (QED) is 0.585. The number of carbonyl (C=O) groups excluding carboxylic acids is 3. The summed E-state index contributed by atoms with van der Waals surface area (Å²) >= 11 is 0. The van der Waals surface area contributed by atoms with Gasteiger partial charge in [0.25, 0.3) is 5.91 Å². The summed E-state index contributed by atoms with van der Waals surface area (Å²) in [6.45, 7) is 2.93. The lowest BCUT2D eigenvalue weighted by Crippen LogP contribution is -2.54. The smallest absolute Gasteiger partial charge is 0.323 e. The first-order valence-corrected chi connectivity index (χ1v) is 12.0. The zero-order valence-corrected chi connectivity index (χ0v) is 20.1. The van der Waals surface area contributed by atoms with E-state index in [1.54, 1.807) is 42.3 Å². The van der Waals surface area contributed by atoms with Gasteiger partial charge in [-0.05, 0) is 49.6 Å². The maximum absolute atomic E-state index is 13.3. The van der Waals surface area contributed by atoms with Crippen molar-refractivity contribution in [1.29, 1.82) is 0 Å². The highest BCUT2D eigenvalue weighted by atomic mass is 16.5. The molecule has 0 bridgehead atoms. The van der Waals surface area contributed by atoms with Gasteiger partial charge in [0.1, 0.15) is 18.5 Å². The van der Waals surface area contributed by atoms with Crippen molar-refractivity contribution in [1.82, 2.24) is 10.2 Å². The van der Waals surface area contributed by atoms with Crippen LogP contribution in [-0.2, 0) is 9.53 Å². The molecule has 0 aromatic heterocycles. The number of amides is 4. The number of anilines is 2. The molecule has 0 spiro atoms. The second-order valence-electron chi connectivity index (χ2n) is 8.88. The average molecular weight is 481 g/mol. The molecule has 9 nitrogen and oxygen atoms in total. The van der Waals surface area contributed by atoms with Gasteiger partial charge in [0.05, 0.1) is 24.1 Å². The lowest BCUT2D eigenvalue weighted by atomic mass is 9.94. The Bertz CT molecular complexity index is 1060. The zero-order valence-electron chi connectivity index (χ0n) is 20.1. The fourth-order valence-electron chi connectivity index (χ4n) is 4.46. The predicted octanol–water partition coefficient (Wildman–Crippen LogP) is 3.63. The minimum Gasteiger partial charge on any atom is -0.490 e. The van der Waals surface area contributed by atoms with Gasteiger partial charge in [-0.25, -0.2) is 4.79 Å². The number of para-hydroxylation sites is 1. The van der Waals surface area contributed by atoms with Gasteiger partial charge >= 0.3 is 6.03 Å². The minimum absolute atomic E-state index is 0.0202. The van der Waals surface area contributed by atoms with Gasteiger partial charge in [0, 0.05) is 25.0 Å². The molecule has 2 heterocycles. The van der Waals surface area contributed by atoms with E-state index in [2.05, 4.69) is 16.0 Å². The number of ether oxygens (including phenoxy) is 2. The summed E-state index contributed by atoms with van der Waals surface area (Å²) < 4.78 is 12.2. The Morgan fingerprint density at radius 1 is 1.06 bits per heavy atom. The van der Waals surface area contributed by atoms with Crippen LogP contribution in [0.4, 0.5) is 16.2 Å². The molecule has 1 fully saturated rings. The molecule has 35 heavy (non-hydrogen) atoms. The van der Waals surface area contributed by atoms with Crippen LogP contribution in [0.1, 0.15) is 43.0 Å². The number of benzene rings is 2. The van der Waals surface area contributed by atoms with Crippen molar-refractivity contribution < 1.29 is 23.9 Å². The SMILES string of the molecule is CCCNC(=O)C[C@H]1CC[C@H]2[C@H](COc3ccc(NC(=O)Nc4ccccc4)cc3C(=O)N2C)O1. The molecule has 4 rings (SSSR count). The van der Waals surface area contributed by atoms with E-state index in [1.165, 1.54) is 0 Å². The number of fused-ring (bicyclic) bond motifs is 2. The molecule has 186 valence electrons. The third-order valence-corrected chi connectivity index (χ3v) is 6.29. The molecule has 0 saturated carbocycles. The van der Waals surface area contributed by atoms with E-state index >= 15 is 0 Å². The zero-order chi connectivity index (χ0) is 24.8. The standard InChI is InChI=1S/C26H32N4O5/c1-3-13-27-24(31)15-19-10-11-21-23(35-19)16-34-22-12-9-18(14-20(22)25(32)30(21)2)29-26(33)28-17-7-5-4-6-8-17/h4-9,12,14,19,21,23H,3,10-11,13,15-16H2,1-2H3,(H,27,31)(H2,28,29,33)/t19-,21+,23+/m1/s1. The van der Waals surface area contributed by atoms with Crippen LogP contribution in [0.15, 0.2) is 48.5 Å². The molecule has 2 aliphatic heterocycles. The summed E-state index contributed by atoms with van der Waals surface area (Å²) in [5, 5.41) is 8.41. The molecule has 2 aliphatic rings. The van der Waals surface area contributed by atoms with Crippen LogP contribution in [0.2, 0.25) is 0 Å². The maximum atomic E-state index is 13.3. The normalized spacial score (nSPS) is 21.5. The van der Waals surface area contributed by atoms with Gasteiger partial charge in [-0.1, -0.05) is 25.1 Å². The van der Waals surface area contributed by atoms with Crippen LogP contribution >= 0.6 is 0 Å². The molecule has 9 heteroatoms. The Morgan fingerprint density at radius 2 is 1.83 bits per heavy atom. The highest BCUT2D eigenvalue weighted by molar-refractivity contribution is 6.02. The van der Waals surface area contributed by atoms with E-state index in [0.717, 1.165) is 12.8 Å². The van der Waals surface area contributed by atoms with Crippen LogP contribution in [0.5, 0.6) is 5.75 Å². The van der Waals surface area contributed by atoms with E-state index in [9.17, 15) is 14.4 Å². The minimum atomic E-state index is -0.404. The maximum Gasteiger partial charge on any atom is 0.323 e. The third-order valence-electron chi connectivity index (χ3n) is 6.29. The van der Waals surface area contributed by atoms with Crippen molar-refractivity contribution in [3.05, 3.63) is 54.1 Å². The van der Waals surface area contributed by atoms with E-state index in [0.29, 0.717) is 42.1 Å². The first kappa shape index (κ1) is 24.5. The van der Waals surface area contributed by atoms with Gasteiger partial charge in [0.2, 0.25) is 5.91 Å². The van der Waals surface area contributed by atoms with E-state index in [-0.39, 0.29) is 36.7 Å². The first-order chi connectivity index (χ1) is 16.9. The van der Waals surface area contributed by atoms with E-state index < -0.39 is 6.03 Å². The van der Waals surface area contributed by atoms with Gasteiger partial charge < -0.3 is 30.3 Å². The lowest BCUT2D eigenvalue weighted by Gasteiger charge is -2.42. The molecule has 3 atom stereocenters. The summed E-state index contributed by atoms with van der Waals surface area (Å²) in [5.41, 5.74) is 1.53. The highest BCUT2D eigenvalue weighted by Crippen LogP contribution is 2.32. The fraction of sp³-hybridized carbons (Fsp3) is 0.423. The van der Waals surface area contributed by atoms with Crippen LogP contribution in [-0.4, -0.2) is 61.2 Å². The Labute approximate surface area is 205 Å². The Morgan fingerprint density at radius 3 is 2.60 bits per heavy atom. The van der Waals surface area contributed by atoms with Crippen molar-refractivity contribution >= 4 is 29.2 Å². The molecule has 0 unspecified atom stereocenters. The second-order valence-corrected chi connectivity index (χ2v) is 8.88. The number of urea groups is 1. The van der Waals surface area contributed by atoms with Crippen molar-refractivity contribution in [2.24, 2.45) is 0 Å². The summed E-state index contributed by atoms with van der Waals surface area (Å²) in [6.07, 6.45) is 2.06. The number of nitrogens with one attached hydrogen (secondary N) is 3. The number of hydrogen-bond donors (Lipinski definition) is 3. The Hall–Kier alpha value is -3.59. The predicted molar refractivity (Wildman–Crippen MR) is 133 cm³/mol. The van der Waals surface area contributed by atoms with Crippen molar-refractivity contribution in [3.63, 3.8) is 0 Å². The number of hydrogen-bond acceptors (Lipinski definition) is 5. The van der Waals surface area contributed by atoms with Crippen LogP contribution < -0.4 is 20.7 Å². The highest BCUT2D eigenvalue weighted by Gasteiger charge is 2.39. The van der Waals surface area contributed by atoms with E-state index in [1.807, 2.05) is 25.1 Å². The Balaban J connectivity index is 1.43. The molecule has 0 radical (unpaired) electrons. The lowest BCUT2D eigenvalue weighted by molar-refractivity contribution is -0.134. The van der Waals surface area contributed by atoms with Crippen LogP contribution in [0, 0.1) is 0 Å². The Kier molecular flexibility index (Phi) is 7.87. The molecule has 1 saturated heterocycles. The van der Waals surface area contributed by atoms with Gasteiger partial charge in [0.15, 0.2) is 0 Å². The fourth-order valence-corrected chi connectivity index (χ4v) is 4.46. The summed E-state index contributed by atoms with van der Waals surface area (Å²) in [7, 11) is 1.76. The topological polar surface area (TPSA) is 109 Å². The average Bonchev–Trinajstić information content (AvgIpc) is 2.86. The van der Waals surface area contributed by atoms with E-state index in [4.69, 9.17) is 9.47 Å². The summed E-state index contributed by atoms with van der Waals surface area (Å²) in [5.74, 6) is 0.207.